The van der Waals surface area contributed by atoms with Gasteiger partial charge in [-0.3, -0.25) is 14.9 Å². The summed E-state index contributed by atoms with van der Waals surface area (Å²) in [7, 11) is 1.57. The molecule has 6 nitrogen and oxygen atoms in total. The summed E-state index contributed by atoms with van der Waals surface area (Å²) in [4.78, 5) is 23.5. The predicted molar refractivity (Wildman–Crippen MR) is 69.9 cm³/mol. The van der Waals surface area contributed by atoms with Gasteiger partial charge in [0, 0.05) is 24.7 Å². The second kappa shape index (κ2) is 6.16. The third kappa shape index (κ3) is 3.42. The second-order valence-corrected chi connectivity index (χ2v) is 4.46. The number of rotatable bonds is 4. The minimum atomic E-state index is -0.612. The summed E-state index contributed by atoms with van der Waals surface area (Å²) in [5.41, 5.74) is 0.00818. The molecule has 19 heavy (non-hydrogen) atoms. The minimum absolute atomic E-state index is 0.0859. The number of amides is 1. The zero-order valence-electron chi connectivity index (χ0n) is 10.5. The quantitative estimate of drug-likeness (QED) is 0.627. The molecule has 1 aromatic carbocycles. The molecule has 1 aromatic rings. The van der Waals surface area contributed by atoms with Crippen LogP contribution in [0.15, 0.2) is 18.2 Å². The third-order valence-corrected chi connectivity index (χ3v) is 3.06. The zero-order chi connectivity index (χ0) is 14.6. The minimum Gasteiger partial charge on any atom is -0.338 e. The van der Waals surface area contributed by atoms with E-state index in [1.54, 1.807) is 14.0 Å². The van der Waals surface area contributed by atoms with E-state index in [1.165, 1.54) is 23.1 Å². The van der Waals surface area contributed by atoms with Crippen LogP contribution in [0.4, 0.5) is 5.69 Å². The molecule has 0 bridgehead atoms. The molecule has 0 aliphatic heterocycles. The summed E-state index contributed by atoms with van der Waals surface area (Å²) in [5, 5.41) is 19.1. The largest absolute Gasteiger partial charge is 0.338 e. The molecular weight excluding hydrogens is 270 g/mol. The van der Waals surface area contributed by atoms with Gasteiger partial charge >= 0.3 is 0 Å². The highest BCUT2D eigenvalue weighted by atomic mass is 35.5. The second-order valence-electron chi connectivity index (χ2n) is 4.05. The van der Waals surface area contributed by atoms with Crippen molar-refractivity contribution in [3.63, 3.8) is 0 Å². The lowest BCUT2D eigenvalue weighted by atomic mass is 10.1. The van der Waals surface area contributed by atoms with E-state index in [9.17, 15) is 14.9 Å². The molecule has 7 heteroatoms. The fourth-order valence-electron chi connectivity index (χ4n) is 1.46. The van der Waals surface area contributed by atoms with Gasteiger partial charge in [-0.2, -0.15) is 5.26 Å². The summed E-state index contributed by atoms with van der Waals surface area (Å²) < 4.78 is 0. The van der Waals surface area contributed by atoms with Crippen molar-refractivity contribution in [2.75, 3.05) is 7.05 Å². The molecule has 100 valence electrons. The maximum atomic E-state index is 12.1. The lowest BCUT2D eigenvalue weighted by molar-refractivity contribution is -0.384. The van der Waals surface area contributed by atoms with Crippen LogP contribution in [-0.4, -0.2) is 28.8 Å². The van der Waals surface area contributed by atoms with Crippen molar-refractivity contribution < 1.29 is 9.72 Å². The van der Waals surface area contributed by atoms with Crippen LogP contribution in [0.5, 0.6) is 0 Å². The molecule has 0 heterocycles. The maximum Gasteiger partial charge on any atom is 0.287 e. The van der Waals surface area contributed by atoms with Crippen LogP contribution in [0.1, 0.15) is 23.7 Å². The summed E-state index contributed by atoms with van der Waals surface area (Å²) >= 11 is 5.75. The van der Waals surface area contributed by atoms with E-state index in [2.05, 4.69) is 0 Å². The Kier molecular flexibility index (Phi) is 4.84. The van der Waals surface area contributed by atoms with Gasteiger partial charge in [-0.05, 0) is 19.1 Å². The van der Waals surface area contributed by atoms with Crippen molar-refractivity contribution in [1.82, 2.24) is 4.90 Å². The van der Waals surface area contributed by atoms with E-state index in [-0.39, 0.29) is 34.6 Å². The highest BCUT2D eigenvalue weighted by molar-refractivity contribution is 6.33. The highest BCUT2D eigenvalue weighted by Crippen LogP contribution is 2.25. The van der Waals surface area contributed by atoms with Gasteiger partial charge in [-0.15, -0.1) is 0 Å². The fourth-order valence-corrected chi connectivity index (χ4v) is 1.71. The SMILES string of the molecule is CC(CC#N)N(C)C(=O)c1ccc([N+](=O)[O-])c(Cl)c1. The summed E-state index contributed by atoms with van der Waals surface area (Å²) in [5.74, 6) is -0.334. The van der Waals surface area contributed by atoms with Crippen LogP contribution in [0.2, 0.25) is 5.02 Å². The molecule has 0 aromatic heterocycles. The third-order valence-electron chi connectivity index (χ3n) is 2.76. The van der Waals surface area contributed by atoms with Crippen LogP contribution < -0.4 is 0 Å². The van der Waals surface area contributed by atoms with E-state index < -0.39 is 4.92 Å². The Morgan fingerprint density at radius 2 is 2.26 bits per heavy atom. The number of nitrogens with zero attached hydrogens (tertiary/aromatic N) is 3. The molecular formula is C12H12ClN3O3. The van der Waals surface area contributed by atoms with Gasteiger partial charge in [-0.25, -0.2) is 0 Å². The summed E-state index contributed by atoms with van der Waals surface area (Å²) in [6.07, 6.45) is 0.211. The Bertz CT molecular complexity index is 554. The number of carbonyl (C=O) groups excluding carboxylic acids is 1. The van der Waals surface area contributed by atoms with Crippen LogP contribution >= 0.6 is 11.6 Å². The van der Waals surface area contributed by atoms with Crippen molar-refractivity contribution in [3.8, 4) is 6.07 Å². The van der Waals surface area contributed by atoms with Crippen molar-refractivity contribution in [1.29, 1.82) is 5.26 Å². The Balaban J connectivity index is 2.98. The number of carbonyl (C=O) groups is 1. The smallest absolute Gasteiger partial charge is 0.287 e. The zero-order valence-corrected chi connectivity index (χ0v) is 11.2. The van der Waals surface area contributed by atoms with Gasteiger partial charge in [0.1, 0.15) is 5.02 Å². The molecule has 0 N–H and O–H groups in total. The van der Waals surface area contributed by atoms with Crippen molar-refractivity contribution >= 4 is 23.2 Å². The lowest BCUT2D eigenvalue weighted by Gasteiger charge is -2.22. The molecule has 0 saturated carbocycles. The average Bonchev–Trinajstić information content (AvgIpc) is 2.36. The molecule has 0 fully saturated rings. The van der Waals surface area contributed by atoms with Crippen LogP contribution in [0.25, 0.3) is 0 Å². The summed E-state index contributed by atoms with van der Waals surface area (Å²) in [6.45, 7) is 1.74. The van der Waals surface area contributed by atoms with E-state index in [0.717, 1.165) is 0 Å². The van der Waals surface area contributed by atoms with Gasteiger partial charge in [0.2, 0.25) is 0 Å². The van der Waals surface area contributed by atoms with Crippen molar-refractivity contribution in [2.45, 2.75) is 19.4 Å². The lowest BCUT2D eigenvalue weighted by Crippen LogP contribution is -2.34. The monoisotopic (exact) mass is 281 g/mol. The van der Waals surface area contributed by atoms with Crippen molar-refractivity contribution in [2.24, 2.45) is 0 Å². The number of benzene rings is 1. The number of hydrogen-bond donors (Lipinski definition) is 0. The molecule has 0 aliphatic rings. The normalized spacial score (nSPS) is 11.5. The standard InChI is InChI=1S/C12H12ClN3O3/c1-8(5-6-14)15(2)12(17)9-3-4-11(16(18)19)10(13)7-9/h3-4,7-8H,5H2,1-2H3. The first-order valence-electron chi connectivity index (χ1n) is 5.46. The molecule has 0 radical (unpaired) electrons. The summed E-state index contributed by atoms with van der Waals surface area (Å²) in [6, 6.07) is 5.54. The maximum absolute atomic E-state index is 12.1. The molecule has 0 aliphatic carbocycles. The van der Waals surface area contributed by atoms with Gasteiger partial charge < -0.3 is 4.90 Å². The first kappa shape index (κ1) is 14.9. The molecule has 1 amide bonds. The van der Waals surface area contributed by atoms with E-state index in [0.29, 0.717) is 0 Å². The number of nitro groups is 1. The molecule has 1 rings (SSSR count). The molecule has 1 atom stereocenters. The number of nitriles is 1. The Hall–Kier alpha value is -2.13. The Labute approximate surface area is 115 Å². The number of nitro benzene ring substituents is 1. The highest BCUT2D eigenvalue weighted by Gasteiger charge is 2.20. The van der Waals surface area contributed by atoms with Gasteiger partial charge in [0.15, 0.2) is 0 Å². The van der Waals surface area contributed by atoms with E-state index >= 15 is 0 Å². The first-order chi connectivity index (χ1) is 8.88. The Morgan fingerprint density at radius 3 is 2.74 bits per heavy atom. The topological polar surface area (TPSA) is 87.2 Å². The number of halogens is 1. The molecule has 0 spiro atoms. The van der Waals surface area contributed by atoms with Crippen LogP contribution in [0, 0.1) is 21.4 Å². The van der Waals surface area contributed by atoms with Gasteiger partial charge in [0.25, 0.3) is 11.6 Å². The van der Waals surface area contributed by atoms with E-state index in [4.69, 9.17) is 16.9 Å². The number of hydrogen-bond acceptors (Lipinski definition) is 4. The van der Waals surface area contributed by atoms with Crippen LogP contribution in [-0.2, 0) is 0 Å². The van der Waals surface area contributed by atoms with Gasteiger partial charge in [0.05, 0.1) is 17.4 Å². The fraction of sp³-hybridized carbons (Fsp3) is 0.333. The molecule has 1 unspecified atom stereocenters. The first-order valence-corrected chi connectivity index (χ1v) is 5.84. The van der Waals surface area contributed by atoms with Crippen molar-refractivity contribution in [3.05, 3.63) is 38.9 Å². The van der Waals surface area contributed by atoms with Gasteiger partial charge in [-0.1, -0.05) is 11.6 Å². The molecule has 0 saturated heterocycles. The average molecular weight is 282 g/mol. The predicted octanol–water partition coefficient (Wildman–Crippen LogP) is 2.62. The van der Waals surface area contributed by atoms with Crippen LogP contribution in [0.3, 0.4) is 0 Å². The Morgan fingerprint density at radius 1 is 1.63 bits per heavy atom. The van der Waals surface area contributed by atoms with E-state index in [1.807, 2.05) is 6.07 Å².